The highest BCUT2D eigenvalue weighted by Crippen LogP contribution is 2.26. The van der Waals surface area contributed by atoms with Gasteiger partial charge in [-0.3, -0.25) is 4.79 Å². The number of carboxylic acids is 1. The van der Waals surface area contributed by atoms with Gasteiger partial charge in [-0.2, -0.15) is 0 Å². The number of halogens is 1. The lowest BCUT2D eigenvalue weighted by Crippen LogP contribution is -2.32. The van der Waals surface area contributed by atoms with E-state index in [9.17, 15) is 9.18 Å². The zero-order chi connectivity index (χ0) is 12.3. The first-order valence-electron chi connectivity index (χ1n) is 4.77. The molecule has 0 bridgehead atoms. The van der Waals surface area contributed by atoms with Crippen molar-refractivity contribution in [3.05, 3.63) is 29.1 Å². The summed E-state index contributed by atoms with van der Waals surface area (Å²) in [6, 6.07) is 1.72. The summed E-state index contributed by atoms with van der Waals surface area (Å²) < 4.78 is 18.6. The third-order valence-electron chi connectivity index (χ3n) is 2.35. The van der Waals surface area contributed by atoms with Gasteiger partial charge in [-0.05, 0) is 18.6 Å². The Bertz CT molecular complexity index is 406. The molecule has 1 unspecified atom stereocenters. The van der Waals surface area contributed by atoms with Crippen molar-refractivity contribution < 1.29 is 19.0 Å². The number of benzene rings is 1. The number of ether oxygens (including phenoxy) is 1. The van der Waals surface area contributed by atoms with Gasteiger partial charge in [0, 0.05) is 12.0 Å². The summed E-state index contributed by atoms with van der Waals surface area (Å²) >= 11 is 0. The number of nitrogens with two attached hydrogens (primary N) is 1. The lowest BCUT2D eigenvalue weighted by Gasteiger charge is -2.14. The van der Waals surface area contributed by atoms with Crippen molar-refractivity contribution in [2.24, 2.45) is 5.73 Å². The molecule has 0 fully saturated rings. The van der Waals surface area contributed by atoms with E-state index >= 15 is 0 Å². The van der Waals surface area contributed by atoms with E-state index in [4.69, 9.17) is 15.6 Å². The topological polar surface area (TPSA) is 72.5 Å². The van der Waals surface area contributed by atoms with E-state index in [0.717, 1.165) is 5.56 Å². The number of aryl methyl sites for hydroxylation is 1. The van der Waals surface area contributed by atoms with Crippen molar-refractivity contribution in [2.75, 3.05) is 7.11 Å². The Hall–Kier alpha value is -1.62. The number of carboxylic acid groups (broad SMARTS) is 1. The van der Waals surface area contributed by atoms with Crippen molar-refractivity contribution in [3.8, 4) is 5.75 Å². The van der Waals surface area contributed by atoms with E-state index in [1.165, 1.54) is 13.2 Å². The molecule has 16 heavy (non-hydrogen) atoms. The quantitative estimate of drug-likeness (QED) is 0.807. The van der Waals surface area contributed by atoms with E-state index in [-0.39, 0.29) is 12.0 Å². The summed E-state index contributed by atoms with van der Waals surface area (Å²) in [5, 5.41) is 8.68. The molecule has 0 aliphatic heterocycles. The first-order valence-corrected chi connectivity index (χ1v) is 4.77. The molecule has 0 saturated carbocycles. The Labute approximate surface area is 92.8 Å². The van der Waals surface area contributed by atoms with Gasteiger partial charge in [-0.1, -0.05) is 6.07 Å². The highest BCUT2D eigenvalue weighted by Gasteiger charge is 2.19. The molecule has 0 aliphatic rings. The van der Waals surface area contributed by atoms with Crippen LogP contribution >= 0.6 is 0 Å². The maximum absolute atomic E-state index is 13.5. The normalized spacial score (nSPS) is 12.2. The molecule has 0 heterocycles. The lowest BCUT2D eigenvalue weighted by molar-refractivity contribution is -0.138. The Morgan fingerprint density at radius 1 is 1.62 bits per heavy atom. The zero-order valence-electron chi connectivity index (χ0n) is 9.16. The van der Waals surface area contributed by atoms with Gasteiger partial charge in [-0.15, -0.1) is 0 Å². The minimum Gasteiger partial charge on any atom is -0.496 e. The number of rotatable bonds is 4. The number of hydrogen-bond acceptors (Lipinski definition) is 3. The van der Waals surface area contributed by atoms with E-state index in [2.05, 4.69) is 0 Å². The highest BCUT2D eigenvalue weighted by molar-refractivity contribution is 5.73. The second-order valence-electron chi connectivity index (χ2n) is 3.52. The monoisotopic (exact) mass is 227 g/mol. The van der Waals surface area contributed by atoms with Crippen LogP contribution in [0.3, 0.4) is 0 Å². The van der Waals surface area contributed by atoms with Gasteiger partial charge in [0.2, 0.25) is 0 Å². The number of carbonyl (C=O) groups is 1. The smallest absolute Gasteiger partial charge is 0.320 e. The minimum absolute atomic E-state index is 0.0913. The molecule has 3 N–H and O–H groups in total. The average molecular weight is 227 g/mol. The second kappa shape index (κ2) is 4.94. The van der Waals surface area contributed by atoms with Crippen LogP contribution in [0.15, 0.2) is 12.1 Å². The molecule has 5 heteroatoms. The molecule has 4 nitrogen and oxygen atoms in total. The molecule has 0 radical (unpaired) electrons. The summed E-state index contributed by atoms with van der Waals surface area (Å²) in [5.41, 5.74) is 6.32. The van der Waals surface area contributed by atoms with Crippen LogP contribution in [0.1, 0.15) is 11.1 Å². The van der Waals surface area contributed by atoms with Gasteiger partial charge < -0.3 is 15.6 Å². The van der Waals surface area contributed by atoms with Crippen LogP contribution in [-0.2, 0) is 11.2 Å². The van der Waals surface area contributed by atoms with Gasteiger partial charge in [0.05, 0.1) is 7.11 Å². The predicted molar refractivity (Wildman–Crippen MR) is 57.0 cm³/mol. The van der Waals surface area contributed by atoms with Crippen LogP contribution in [0.25, 0.3) is 0 Å². The first kappa shape index (κ1) is 12.4. The van der Waals surface area contributed by atoms with Crippen LogP contribution in [-0.4, -0.2) is 24.2 Å². The molecular formula is C11H14FNO3. The Balaban J connectivity index is 3.11. The maximum atomic E-state index is 13.5. The summed E-state index contributed by atoms with van der Waals surface area (Å²) in [7, 11) is 1.41. The van der Waals surface area contributed by atoms with Crippen molar-refractivity contribution in [3.63, 3.8) is 0 Å². The molecular weight excluding hydrogens is 213 g/mol. The van der Waals surface area contributed by atoms with E-state index in [0.29, 0.717) is 5.75 Å². The van der Waals surface area contributed by atoms with Crippen molar-refractivity contribution in [1.82, 2.24) is 0 Å². The Kier molecular flexibility index (Phi) is 3.84. The summed E-state index contributed by atoms with van der Waals surface area (Å²) in [6.07, 6.45) is -0.0913. The lowest BCUT2D eigenvalue weighted by atomic mass is 10.0. The summed E-state index contributed by atoms with van der Waals surface area (Å²) in [4.78, 5) is 10.6. The van der Waals surface area contributed by atoms with Gasteiger partial charge in [0.15, 0.2) is 0 Å². The minimum atomic E-state index is -1.16. The summed E-state index contributed by atoms with van der Waals surface area (Å²) in [6.45, 7) is 1.76. The fraction of sp³-hybridized carbons (Fsp3) is 0.364. The van der Waals surface area contributed by atoms with E-state index in [1.54, 1.807) is 13.0 Å². The van der Waals surface area contributed by atoms with Crippen LogP contribution in [0.4, 0.5) is 4.39 Å². The van der Waals surface area contributed by atoms with Gasteiger partial charge in [-0.25, -0.2) is 4.39 Å². The predicted octanol–water partition coefficient (Wildman–Crippen LogP) is 1.10. The van der Waals surface area contributed by atoms with Gasteiger partial charge in [0.1, 0.15) is 17.6 Å². The number of aliphatic carboxylic acids is 1. The van der Waals surface area contributed by atoms with Crippen LogP contribution in [0.5, 0.6) is 5.75 Å². The largest absolute Gasteiger partial charge is 0.496 e. The SMILES string of the molecule is COc1c(C)ccc(F)c1CC(N)C(=O)O. The maximum Gasteiger partial charge on any atom is 0.320 e. The Morgan fingerprint density at radius 2 is 2.25 bits per heavy atom. The molecule has 88 valence electrons. The fourth-order valence-electron chi connectivity index (χ4n) is 1.50. The van der Waals surface area contributed by atoms with Gasteiger partial charge in [0.25, 0.3) is 0 Å². The number of methoxy groups -OCH3 is 1. The third-order valence-corrected chi connectivity index (χ3v) is 2.35. The van der Waals surface area contributed by atoms with E-state index < -0.39 is 17.8 Å². The van der Waals surface area contributed by atoms with Crippen LogP contribution < -0.4 is 10.5 Å². The second-order valence-corrected chi connectivity index (χ2v) is 3.52. The van der Waals surface area contributed by atoms with E-state index in [1.807, 2.05) is 0 Å². The molecule has 0 aliphatic carbocycles. The molecule has 0 spiro atoms. The van der Waals surface area contributed by atoms with Crippen LogP contribution in [0.2, 0.25) is 0 Å². The standard InChI is InChI=1S/C11H14FNO3/c1-6-3-4-8(12)7(10(6)16-2)5-9(13)11(14)15/h3-4,9H,5,13H2,1-2H3,(H,14,15). The molecule has 1 atom stereocenters. The number of hydrogen-bond donors (Lipinski definition) is 2. The zero-order valence-corrected chi connectivity index (χ0v) is 9.16. The van der Waals surface area contributed by atoms with Crippen molar-refractivity contribution in [2.45, 2.75) is 19.4 Å². The fourth-order valence-corrected chi connectivity index (χ4v) is 1.50. The van der Waals surface area contributed by atoms with Crippen molar-refractivity contribution in [1.29, 1.82) is 0 Å². The molecule has 1 aromatic rings. The first-order chi connectivity index (χ1) is 7.47. The molecule has 0 saturated heterocycles. The Morgan fingerprint density at radius 3 is 2.75 bits per heavy atom. The molecule has 1 rings (SSSR count). The average Bonchev–Trinajstić information content (AvgIpc) is 2.23. The van der Waals surface area contributed by atoms with Crippen LogP contribution in [0, 0.1) is 12.7 Å². The van der Waals surface area contributed by atoms with Crippen molar-refractivity contribution >= 4 is 5.97 Å². The molecule has 0 amide bonds. The molecule has 0 aromatic heterocycles. The third kappa shape index (κ3) is 2.49. The molecule has 1 aromatic carbocycles. The highest BCUT2D eigenvalue weighted by atomic mass is 19.1. The summed E-state index contributed by atoms with van der Waals surface area (Å²) in [5.74, 6) is -1.31. The van der Waals surface area contributed by atoms with Gasteiger partial charge >= 0.3 is 5.97 Å².